The summed E-state index contributed by atoms with van der Waals surface area (Å²) in [5.74, 6) is -0.367. The first-order valence-electron chi connectivity index (χ1n) is 5.57. The third-order valence-electron chi connectivity index (χ3n) is 2.19. The number of hydrogen-bond donors (Lipinski definition) is 0. The van der Waals surface area contributed by atoms with Gasteiger partial charge in [0, 0.05) is 11.8 Å². The Balaban J connectivity index is 1.86. The van der Waals surface area contributed by atoms with Crippen LogP contribution in [0.4, 0.5) is 0 Å². The Morgan fingerprint density at radius 3 is 3.18 bits per heavy atom. The molecule has 0 aliphatic carbocycles. The van der Waals surface area contributed by atoms with Gasteiger partial charge < -0.3 is 14.2 Å². The zero-order chi connectivity index (χ0) is 12.3. The number of esters is 1. The van der Waals surface area contributed by atoms with Gasteiger partial charge in [-0.25, -0.2) is 9.78 Å². The average Bonchev–Trinajstić information content (AvgIpc) is 2.95. The Bertz CT molecular complexity index is 389. The number of thiazole rings is 1. The van der Waals surface area contributed by atoms with Crippen LogP contribution in [-0.2, 0) is 20.6 Å². The van der Waals surface area contributed by atoms with Crippen molar-refractivity contribution in [2.24, 2.45) is 0 Å². The van der Waals surface area contributed by atoms with Gasteiger partial charge in [-0.15, -0.1) is 11.3 Å². The molecule has 1 aliphatic heterocycles. The number of carbonyl (C=O) groups excluding carboxylic acids is 1. The lowest BCUT2D eigenvalue weighted by molar-refractivity contribution is -0.000932. The van der Waals surface area contributed by atoms with Gasteiger partial charge >= 0.3 is 5.97 Å². The van der Waals surface area contributed by atoms with Crippen molar-refractivity contribution in [1.29, 1.82) is 0 Å². The second-order valence-corrected chi connectivity index (χ2v) is 4.70. The van der Waals surface area contributed by atoms with Crippen molar-refractivity contribution in [2.75, 3.05) is 13.2 Å². The molecule has 2 unspecified atom stereocenters. The normalized spacial score (nSPS) is 20.0. The molecule has 1 aliphatic rings. The number of rotatable bonds is 6. The van der Waals surface area contributed by atoms with Crippen molar-refractivity contribution in [2.45, 2.75) is 32.7 Å². The van der Waals surface area contributed by atoms with Crippen molar-refractivity contribution < 1.29 is 19.0 Å². The monoisotopic (exact) mass is 257 g/mol. The van der Waals surface area contributed by atoms with Crippen LogP contribution >= 0.6 is 11.3 Å². The van der Waals surface area contributed by atoms with Gasteiger partial charge in [-0.3, -0.25) is 0 Å². The van der Waals surface area contributed by atoms with E-state index >= 15 is 0 Å². The van der Waals surface area contributed by atoms with Crippen molar-refractivity contribution in [1.82, 2.24) is 4.98 Å². The Morgan fingerprint density at radius 1 is 1.76 bits per heavy atom. The van der Waals surface area contributed by atoms with Crippen LogP contribution in [0.25, 0.3) is 0 Å². The van der Waals surface area contributed by atoms with Crippen molar-refractivity contribution in [3.8, 4) is 0 Å². The number of ether oxygens (including phenoxy) is 3. The predicted molar refractivity (Wildman–Crippen MR) is 62.1 cm³/mol. The van der Waals surface area contributed by atoms with Gasteiger partial charge in [0.15, 0.2) is 12.0 Å². The first-order chi connectivity index (χ1) is 8.19. The Labute approximate surface area is 104 Å². The first-order valence-corrected chi connectivity index (χ1v) is 6.45. The standard InChI is InChI=1S/C11H15NO4S/c1-3-14-11(13)8-6-17-9(12-8)4-7(2)16-10-5-15-10/h6-7,10H,3-5H2,1-2H3. The molecule has 1 saturated heterocycles. The largest absolute Gasteiger partial charge is 0.461 e. The predicted octanol–water partition coefficient (Wildman–Crippen LogP) is 1.62. The molecule has 0 aromatic carbocycles. The topological polar surface area (TPSA) is 61.0 Å². The summed E-state index contributed by atoms with van der Waals surface area (Å²) >= 11 is 1.45. The quantitative estimate of drug-likeness (QED) is 0.572. The molecule has 2 atom stereocenters. The van der Waals surface area contributed by atoms with Gasteiger partial charge in [0.25, 0.3) is 0 Å². The summed E-state index contributed by atoms with van der Waals surface area (Å²) < 4.78 is 15.4. The van der Waals surface area contributed by atoms with Crippen LogP contribution in [0.3, 0.4) is 0 Å². The maximum absolute atomic E-state index is 11.4. The average molecular weight is 257 g/mol. The lowest BCUT2D eigenvalue weighted by Crippen LogP contribution is -2.13. The number of epoxide rings is 1. The molecule has 94 valence electrons. The minimum atomic E-state index is -0.367. The molecular weight excluding hydrogens is 242 g/mol. The van der Waals surface area contributed by atoms with E-state index in [1.54, 1.807) is 12.3 Å². The Hall–Kier alpha value is -0.980. The van der Waals surface area contributed by atoms with Crippen LogP contribution in [0.5, 0.6) is 0 Å². The minimum absolute atomic E-state index is 0.0451. The van der Waals surface area contributed by atoms with Crippen LogP contribution in [0.2, 0.25) is 0 Å². The van der Waals surface area contributed by atoms with Gasteiger partial charge in [0.05, 0.1) is 17.7 Å². The third kappa shape index (κ3) is 3.76. The van der Waals surface area contributed by atoms with Gasteiger partial charge in [0.2, 0.25) is 0 Å². The zero-order valence-electron chi connectivity index (χ0n) is 9.84. The van der Waals surface area contributed by atoms with Gasteiger partial charge in [0.1, 0.15) is 6.61 Å². The van der Waals surface area contributed by atoms with E-state index in [0.29, 0.717) is 25.3 Å². The van der Waals surface area contributed by atoms with Crippen LogP contribution in [0, 0.1) is 0 Å². The summed E-state index contributed by atoms with van der Waals surface area (Å²) in [4.78, 5) is 15.6. The number of aromatic nitrogens is 1. The van der Waals surface area contributed by atoms with E-state index in [1.807, 2.05) is 6.92 Å². The van der Waals surface area contributed by atoms with Gasteiger partial charge in [-0.2, -0.15) is 0 Å². The smallest absolute Gasteiger partial charge is 0.357 e. The highest BCUT2D eigenvalue weighted by atomic mass is 32.1. The summed E-state index contributed by atoms with van der Waals surface area (Å²) in [6.45, 7) is 4.78. The van der Waals surface area contributed by atoms with Crippen molar-refractivity contribution in [3.63, 3.8) is 0 Å². The second-order valence-electron chi connectivity index (χ2n) is 3.76. The van der Waals surface area contributed by atoms with E-state index < -0.39 is 0 Å². The SMILES string of the molecule is CCOC(=O)c1csc(CC(C)OC2CO2)n1. The van der Waals surface area contributed by atoms with E-state index in [0.717, 1.165) is 5.01 Å². The van der Waals surface area contributed by atoms with Crippen molar-refractivity contribution >= 4 is 17.3 Å². The van der Waals surface area contributed by atoms with E-state index in [4.69, 9.17) is 14.2 Å². The van der Waals surface area contributed by atoms with Crippen LogP contribution < -0.4 is 0 Å². The molecule has 0 spiro atoms. The molecule has 2 heterocycles. The van der Waals surface area contributed by atoms with Crippen LogP contribution in [-0.4, -0.2) is 36.6 Å². The third-order valence-corrected chi connectivity index (χ3v) is 3.06. The van der Waals surface area contributed by atoms with Gasteiger partial charge in [-0.1, -0.05) is 0 Å². The highest BCUT2D eigenvalue weighted by Gasteiger charge is 2.26. The van der Waals surface area contributed by atoms with E-state index in [1.165, 1.54) is 11.3 Å². The van der Waals surface area contributed by atoms with E-state index in [9.17, 15) is 4.79 Å². The highest BCUT2D eigenvalue weighted by molar-refractivity contribution is 7.09. The summed E-state index contributed by atoms with van der Waals surface area (Å²) in [6.07, 6.45) is 0.683. The van der Waals surface area contributed by atoms with Crippen molar-refractivity contribution in [3.05, 3.63) is 16.1 Å². The highest BCUT2D eigenvalue weighted by Crippen LogP contribution is 2.18. The molecule has 1 aromatic heterocycles. The molecule has 2 rings (SSSR count). The first kappa shape index (κ1) is 12.5. The zero-order valence-corrected chi connectivity index (χ0v) is 10.7. The Morgan fingerprint density at radius 2 is 2.53 bits per heavy atom. The second kappa shape index (κ2) is 5.57. The summed E-state index contributed by atoms with van der Waals surface area (Å²) in [7, 11) is 0. The minimum Gasteiger partial charge on any atom is -0.461 e. The summed E-state index contributed by atoms with van der Waals surface area (Å²) in [5.41, 5.74) is 0.377. The maximum Gasteiger partial charge on any atom is 0.357 e. The fourth-order valence-corrected chi connectivity index (χ4v) is 2.25. The lowest BCUT2D eigenvalue weighted by atomic mass is 10.3. The molecule has 0 radical (unpaired) electrons. The molecule has 0 bridgehead atoms. The Kier molecular flexibility index (Phi) is 4.09. The molecule has 1 aromatic rings. The fraction of sp³-hybridized carbons (Fsp3) is 0.636. The van der Waals surface area contributed by atoms with E-state index in [2.05, 4.69) is 4.98 Å². The molecule has 17 heavy (non-hydrogen) atoms. The van der Waals surface area contributed by atoms with Gasteiger partial charge in [-0.05, 0) is 13.8 Å². The molecule has 6 heteroatoms. The number of hydrogen-bond acceptors (Lipinski definition) is 6. The molecular formula is C11H15NO4S. The number of nitrogens with zero attached hydrogens (tertiary/aromatic N) is 1. The number of carbonyl (C=O) groups is 1. The van der Waals surface area contributed by atoms with Crippen LogP contribution in [0.1, 0.15) is 29.3 Å². The summed E-state index contributed by atoms with van der Waals surface area (Å²) in [5, 5.41) is 2.59. The lowest BCUT2D eigenvalue weighted by Gasteiger charge is -2.08. The summed E-state index contributed by atoms with van der Waals surface area (Å²) in [6, 6.07) is 0. The molecule has 0 amide bonds. The fourth-order valence-electron chi connectivity index (χ4n) is 1.37. The molecule has 5 nitrogen and oxygen atoms in total. The van der Waals surface area contributed by atoms with Crippen LogP contribution in [0.15, 0.2) is 5.38 Å². The molecule has 0 saturated carbocycles. The maximum atomic E-state index is 11.4. The molecule has 1 fully saturated rings. The molecule has 0 N–H and O–H groups in total. The van der Waals surface area contributed by atoms with E-state index in [-0.39, 0.29) is 18.4 Å².